The number of benzene rings is 2. The Bertz CT molecular complexity index is 1000. The lowest BCUT2D eigenvalue weighted by Gasteiger charge is -2.14. The number of rotatable bonds is 7. The zero-order valence-corrected chi connectivity index (χ0v) is 16.7. The Morgan fingerprint density at radius 1 is 1.21 bits per heavy atom. The van der Waals surface area contributed by atoms with Gasteiger partial charge in [-0.15, -0.1) is 0 Å². The highest BCUT2D eigenvalue weighted by Gasteiger charge is 2.34. The zero-order chi connectivity index (χ0) is 21.0. The molecule has 0 unspecified atom stereocenters. The van der Waals surface area contributed by atoms with Crippen LogP contribution in [0.15, 0.2) is 47.4 Å². The fourth-order valence-corrected chi connectivity index (χ4v) is 3.72. The maximum Gasteiger partial charge on any atom is 0.335 e. The van der Waals surface area contributed by atoms with Crippen molar-refractivity contribution in [3.8, 4) is 11.5 Å². The van der Waals surface area contributed by atoms with Crippen LogP contribution < -0.4 is 9.47 Å². The number of carboxylic acids is 1. The van der Waals surface area contributed by atoms with E-state index in [2.05, 4.69) is 0 Å². The van der Waals surface area contributed by atoms with Crippen molar-refractivity contribution in [2.75, 3.05) is 13.7 Å². The minimum atomic E-state index is -1.02. The van der Waals surface area contributed by atoms with Crippen LogP contribution in [0.3, 0.4) is 0 Å². The van der Waals surface area contributed by atoms with Crippen molar-refractivity contribution < 1.29 is 29.0 Å². The van der Waals surface area contributed by atoms with Gasteiger partial charge in [-0.3, -0.25) is 14.5 Å². The second-order valence-electron chi connectivity index (χ2n) is 6.10. The standard InChI is InChI=1S/C21H19NO6S/c1-3-22-19(23)17(29-21(22)26)11-14-7-5-9-16(27-2)18(14)28-12-13-6-4-8-15(10-13)20(24)25/h4-11H,3,12H2,1-2H3,(H,24,25)/b17-11+. The van der Waals surface area contributed by atoms with Crippen molar-refractivity contribution in [1.29, 1.82) is 0 Å². The summed E-state index contributed by atoms with van der Waals surface area (Å²) in [6, 6.07) is 11.7. The minimum Gasteiger partial charge on any atom is -0.493 e. The molecule has 0 aromatic heterocycles. The second kappa shape index (κ2) is 8.83. The quantitative estimate of drug-likeness (QED) is 0.685. The molecule has 0 bridgehead atoms. The fraction of sp³-hybridized carbons (Fsp3) is 0.190. The molecule has 1 saturated heterocycles. The van der Waals surface area contributed by atoms with Crippen LogP contribution in [0.1, 0.15) is 28.4 Å². The Labute approximate surface area is 171 Å². The number of likely N-dealkylation sites (N-methyl/N-ethyl adjacent to an activating group) is 1. The van der Waals surface area contributed by atoms with Gasteiger partial charge < -0.3 is 14.6 Å². The topological polar surface area (TPSA) is 93.1 Å². The van der Waals surface area contributed by atoms with Crippen LogP contribution in [0, 0.1) is 0 Å². The second-order valence-corrected chi connectivity index (χ2v) is 7.09. The van der Waals surface area contributed by atoms with Crippen LogP contribution in [-0.2, 0) is 11.4 Å². The molecule has 0 atom stereocenters. The van der Waals surface area contributed by atoms with Gasteiger partial charge in [-0.2, -0.15) is 0 Å². The predicted molar refractivity (Wildman–Crippen MR) is 109 cm³/mol. The van der Waals surface area contributed by atoms with Crippen LogP contribution >= 0.6 is 11.8 Å². The molecule has 2 aromatic carbocycles. The average Bonchev–Trinajstić information content (AvgIpc) is 2.99. The molecule has 1 N–H and O–H groups in total. The third kappa shape index (κ3) is 4.43. The number of methoxy groups -OCH3 is 1. The first-order valence-electron chi connectivity index (χ1n) is 8.82. The summed E-state index contributed by atoms with van der Waals surface area (Å²) in [5.41, 5.74) is 1.42. The highest BCUT2D eigenvalue weighted by atomic mass is 32.2. The van der Waals surface area contributed by atoms with Crippen LogP contribution in [0.25, 0.3) is 6.08 Å². The highest BCUT2D eigenvalue weighted by molar-refractivity contribution is 8.18. The molecule has 8 heteroatoms. The molecule has 150 valence electrons. The first kappa shape index (κ1) is 20.5. The molecule has 29 heavy (non-hydrogen) atoms. The average molecular weight is 413 g/mol. The first-order chi connectivity index (χ1) is 13.9. The Kier molecular flexibility index (Phi) is 6.23. The van der Waals surface area contributed by atoms with Gasteiger partial charge in [0.05, 0.1) is 17.6 Å². The third-order valence-electron chi connectivity index (χ3n) is 4.26. The smallest absolute Gasteiger partial charge is 0.335 e. The van der Waals surface area contributed by atoms with E-state index in [0.717, 1.165) is 11.8 Å². The number of hydrogen-bond donors (Lipinski definition) is 1. The minimum absolute atomic E-state index is 0.110. The molecular formula is C21H19NO6S. The van der Waals surface area contributed by atoms with E-state index in [0.29, 0.717) is 34.1 Å². The van der Waals surface area contributed by atoms with Crippen LogP contribution in [0.2, 0.25) is 0 Å². The number of hydrogen-bond acceptors (Lipinski definition) is 6. The van der Waals surface area contributed by atoms with Gasteiger partial charge in [-0.1, -0.05) is 24.3 Å². The number of nitrogens with zero attached hydrogens (tertiary/aromatic N) is 1. The number of aromatic carboxylic acids is 1. The summed E-state index contributed by atoms with van der Waals surface area (Å²) in [7, 11) is 1.50. The van der Waals surface area contributed by atoms with Crippen LogP contribution in [0.5, 0.6) is 11.5 Å². The van der Waals surface area contributed by atoms with E-state index >= 15 is 0 Å². The molecule has 2 amide bonds. The lowest BCUT2D eigenvalue weighted by atomic mass is 10.1. The molecule has 0 saturated carbocycles. The fourth-order valence-electron chi connectivity index (χ4n) is 2.83. The molecule has 0 aliphatic carbocycles. The molecule has 3 rings (SSSR count). The van der Waals surface area contributed by atoms with Crippen molar-refractivity contribution in [2.45, 2.75) is 13.5 Å². The molecule has 1 fully saturated rings. The number of ether oxygens (including phenoxy) is 2. The number of imide groups is 1. The summed E-state index contributed by atoms with van der Waals surface area (Å²) in [5.74, 6) is -0.496. The van der Waals surface area contributed by atoms with Gasteiger partial charge >= 0.3 is 5.97 Å². The van der Waals surface area contributed by atoms with Gasteiger partial charge in [0.1, 0.15) is 6.61 Å². The van der Waals surface area contributed by atoms with Crippen molar-refractivity contribution in [3.05, 3.63) is 64.1 Å². The van der Waals surface area contributed by atoms with E-state index < -0.39 is 5.97 Å². The molecular weight excluding hydrogens is 394 g/mol. The summed E-state index contributed by atoms with van der Waals surface area (Å²) in [4.78, 5) is 37.0. The Hall–Kier alpha value is -3.26. The van der Waals surface area contributed by atoms with Gasteiger partial charge in [0, 0.05) is 12.1 Å². The molecule has 1 heterocycles. The van der Waals surface area contributed by atoms with E-state index in [4.69, 9.17) is 14.6 Å². The first-order valence-corrected chi connectivity index (χ1v) is 9.63. The number of carboxylic acid groups (broad SMARTS) is 1. The monoisotopic (exact) mass is 413 g/mol. The maximum absolute atomic E-state index is 12.4. The SMILES string of the molecule is CCN1C(=O)S/C(=C/c2cccc(OC)c2OCc2cccc(C(=O)O)c2)C1=O. The lowest BCUT2D eigenvalue weighted by Crippen LogP contribution is -2.27. The van der Waals surface area contributed by atoms with Crippen LogP contribution in [0.4, 0.5) is 4.79 Å². The molecule has 2 aromatic rings. The normalized spacial score (nSPS) is 15.1. The Morgan fingerprint density at radius 2 is 1.97 bits per heavy atom. The van der Waals surface area contributed by atoms with Gasteiger partial charge in [-0.05, 0) is 48.5 Å². The molecule has 1 aliphatic rings. The van der Waals surface area contributed by atoms with Crippen molar-refractivity contribution in [3.63, 3.8) is 0 Å². The summed E-state index contributed by atoms with van der Waals surface area (Å²) >= 11 is 0.880. The lowest BCUT2D eigenvalue weighted by molar-refractivity contribution is -0.122. The van der Waals surface area contributed by atoms with Crippen molar-refractivity contribution in [2.24, 2.45) is 0 Å². The number of amides is 2. The molecule has 1 aliphatic heterocycles. The van der Waals surface area contributed by atoms with Gasteiger partial charge in [0.2, 0.25) is 0 Å². The zero-order valence-electron chi connectivity index (χ0n) is 15.9. The number of carbonyl (C=O) groups excluding carboxylic acids is 2. The maximum atomic E-state index is 12.4. The Balaban J connectivity index is 1.90. The Morgan fingerprint density at radius 3 is 2.62 bits per heavy atom. The van der Waals surface area contributed by atoms with E-state index in [1.165, 1.54) is 24.1 Å². The van der Waals surface area contributed by atoms with Crippen molar-refractivity contribution in [1.82, 2.24) is 4.90 Å². The molecule has 7 nitrogen and oxygen atoms in total. The van der Waals surface area contributed by atoms with E-state index in [1.54, 1.807) is 43.3 Å². The largest absolute Gasteiger partial charge is 0.493 e. The van der Waals surface area contributed by atoms with E-state index in [9.17, 15) is 14.4 Å². The summed E-state index contributed by atoms with van der Waals surface area (Å²) < 4.78 is 11.3. The number of para-hydroxylation sites is 1. The molecule has 0 radical (unpaired) electrons. The summed E-state index contributed by atoms with van der Waals surface area (Å²) in [5, 5.41) is 8.83. The van der Waals surface area contributed by atoms with E-state index in [1.807, 2.05) is 0 Å². The number of carbonyl (C=O) groups is 3. The van der Waals surface area contributed by atoms with Crippen LogP contribution in [-0.4, -0.2) is 40.8 Å². The van der Waals surface area contributed by atoms with Gasteiger partial charge in [0.25, 0.3) is 11.1 Å². The van der Waals surface area contributed by atoms with Crippen molar-refractivity contribution >= 4 is 35.0 Å². The van der Waals surface area contributed by atoms with E-state index in [-0.39, 0.29) is 23.3 Å². The third-order valence-corrected chi connectivity index (χ3v) is 5.17. The summed E-state index contributed by atoms with van der Waals surface area (Å²) in [6.07, 6.45) is 1.60. The van der Waals surface area contributed by atoms with Gasteiger partial charge in [-0.25, -0.2) is 4.79 Å². The van der Waals surface area contributed by atoms with Gasteiger partial charge in [0.15, 0.2) is 11.5 Å². The summed E-state index contributed by atoms with van der Waals surface area (Å²) in [6.45, 7) is 2.16. The predicted octanol–water partition coefficient (Wildman–Crippen LogP) is 4.03. The number of thioether (sulfide) groups is 1. The molecule has 0 spiro atoms. The highest BCUT2D eigenvalue weighted by Crippen LogP contribution is 2.37.